The Labute approximate surface area is 157 Å². The molecule has 2 heteroatoms. The van der Waals surface area contributed by atoms with Gasteiger partial charge in [0.15, 0.2) is 0 Å². The number of anilines is 1. The fraction of sp³-hybridized carbons (Fsp3) is 0.739. The minimum Gasteiger partial charge on any atom is -0.493 e. The van der Waals surface area contributed by atoms with Gasteiger partial charge in [-0.25, -0.2) is 0 Å². The molecule has 144 valence electrons. The van der Waals surface area contributed by atoms with Crippen LogP contribution in [0.15, 0.2) is 18.2 Å². The monoisotopic (exact) mass is 347 g/mol. The van der Waals surface area contributed by atoms with Crippen molar-refractivity contribution in [1.29, 1.82) is 0 Å². The second kappa shape index (κ2) is 13.1. The molecule has 1 aromatic rings. The summed E-state index contributed by atoms with van der Waals surface area (Å²) in [6.45, 7) is 14.4. The Bertz CT molecular complexity index is 449. The first-order valence-corrected chi connectivity index (χ1v) is 10.6. The van der Waals surface area contributed by atoms with Gasteiger partial charge in [-0.05, 0) is 43.7 Å². The maximum Gasteiger partial charge on any atom is 0.124 e. The standard InChI is InChI=1S/C23H41NO/c1-6-10-13-21(9-4)19-25-23-18-22(15-14-20(23)5)24(16-11-7-2)17-12-8-3/h14-15,18,21H,6-13,16-17,19H2,1-5H3. The van der Waals surface area contributed by atoms with Crippen molar-refractivity contribution in [2.45, 2.75) is 86.0 Å². The zero-order valence-corrected chi connectivity index (χ0v) is 17.4. The maximum atomic E-state index is 6.26. The topological polar surface area (TPSA) is 12.5 Å². The van der Waals surface area contributed by atoms with Crippen LogP contribution in [0, 0.1) is 12.8 Å². The van der Waals surface area contributed by atoms with Gasteiger partial charge in [-0.15, -0.1) is 0 Å². The highest BCUT2D eigenvalue weighted by Crippen LogP contribution is 2.27. The lowest BCUT2D eigenvalue weighted by Gasteiger charge is -2.26. The van der Waals surface area contributed by atoms with Gasteiger partial charge in [0.1, 0.15) is 5.75 Å². The summed E-state index contributed by atoms with van der Waals surface area (Å²) in [6, 6.07) is 6.76. The van der Waals surface area contributed by atoms with Crippen LogP contribution in [-0.2, 0) is 0 Å². The molecule has 0 aliphatic carbocycles. The third-order valence-corrected chi connectivity index (χ3v) is 5.12. The average Bonchev–Trinajstić information content (AvgIpc) is 2.63. The summed E-state index contributed by atoms with van der Waals surface area (Å²) < 4.78 is 6.26. The Morgan fingerprint density at radius 3 is 2.12 bits per heavy atom. The van der Waals surface area contributed by atoms with Crippen LogP contribution in [0.1, 0.15) is 84.6 Å². The molecule has 2 nitrogen and oxygen atoms in total. The first kappa shape index (κ1) is 21.9. The molecule has 0 aliphatic rings. The van der Waals surface area contributed by atoms with Crippen LogP contribution in [0.2, 0.25) is 0 Å². The number of rotatable bonds is 14. The molecule has 1 rings (SSSR count). The predicted octanol–water partition coefficient (Wildman–Crippen LogP) is 7.00. The number of benzene rings is 1. The van der Waals surface area contributed by atoms with Gasteiger partial charge in [0.25, 0.3) is 0 Å². The zero-order chi connectivity index (χ0) is 18.5. The van der Waals surface area contributed by atoms with Crippen LogP contribution < -0.4 is 9.64 Å². The van der Waals surface area contributed by atoms with E-state index in [0.29, 0.717) is 5.92 Å². The molecule has 0 bridgehead atoms. The van der Waals surface area contributed by atoms with Crippen molar-refractivity contribution < 1.29 is 4.74 Å². The van der Waals surface area contributed by atoms with Crippen LogP contribution in [-0.4, -0.2) is 19.7 Å². The van der Waals surface area contributed by atoms with E-state index in [0.717, 1.165) is 25.4 Å². The van der Waals surface area contributed by atoms with Gasteiger partial charge in [0, 0.05) is 24.8 Å². The number of hydrogen-bond donors (Lipinski definition) is 0. The minimum absolute atomic E-state index is 0.680. The van der Waals surface area contributed by atoms with Crippen molar-refractivity contribution in [1.82, 2.24) is 0 Å². The Balaban J connectivity index is 2.77. The molecule has 0 amide bonds. The molecule has 0 saturated carbocycles. The van der Waals surface area contributed by atoms with Gasteiger partial charge >= 0.3 is 0 Å². The molecule has 0 saturated heterocycles. The van der Waals surface area contributed by atoms with E-state index in [2.05, 4.69) is 57.7 Å². The molecule has 0 radical (unpaired) electrons. The van der Waals surface area contributed by atoms with Crippen LogP contribution >= 0.6 is 0 Å². The van der Waals surface area contributed by atoms with Crippen LogP contribution in [0.4, 0.5) is 5.69 Å². The molecule has 1 unspecified atom stereocenters. The van der Waals surface area contributed by atoms with Gasteiger partial charge in [0.2, 0.25) is 0 Å². The van der Waals surface area contributed by atoms with Crippen molar-refractivity contribution in [2.24, 2.45) is 5.92 Å². The number of nitrogens with zero attached hydrogens (tertiary/aromatic N) is 1. The van der Waals surface area contributed by atoms with E-state index in [1.807, 2.05) is 0 Å². The minimum atomic E-state index is 0.680. The Hall–Kier alpha value is -1.18. The molecule has 1 atom stereocenters. The third kappa shape index (κ3) is 8.16. The van der Waals surface area contributed by atoms with Crippen LogP contribution in [0.5, 0.6) is 5.75 Å². The summed E-state index contributed by atoms with van der Waals surface area (Å²) in [5.41, 5.74) is 2.57. The molecule has 0 spiro atoms. The van der Waals surface area contributed by atoms with E-state index in [1.54, 1.807) is 0 Å². The quantitative estimate of drug-likeness (QED) is 0.359. The smallest absolute Gasteiger partial charge is 0.124 e. The normalized spacial score (nSPS) is 12.2. The van der Waals surface area contributed by atoms with Crippen molar-refractivity contribution >= 4 is 5.69 Å². The lowest BCUT2D eigenvalue weighted by atomic mass is 10.0. The summed E-state index contributed by atoms with van der Waals surface area (Å²) >= 11 is 0. The predicted molar refractivity (Wildman–Crippen MR) is 112 cm³/mol. The Morgan fingerprint density at radius 1 is 0.920 bits per heavy atom. The highest BCUT2D eigenvalue weighted by atomic mass is 16.5. The molecule has 0 fully saturated rings. The van der Waals surface area contributed by atoms with Gasteiger partial charge in [-0.3, -0.25) is 0 Å². The van der Waals surface area contributed by atoms with Gasteiger partial charge < -0.3 is 9.64 Å². The molecule has 0 N–H and O–H groups in total. The number of hydrogen-bond acceptors (Lipinski definition) is 2. The summed E-state index contributed by atoms with van der Waals surface area (Å²) in [4.78, 5) is 2.54. The summed E-state index contributed by atoms with van der Waals surface area (Å²) in [6.07, 6.45) is 10.1. The van der Waals surface area contributed by atoms with E-state index in [4.69, 9.17) is 4.74 Å². The second-order valence-corrected chi connectivity index (χ2v) is 7.37. The lowest BCUT2D eigenvalue weighted by Crippen LogP contribution is -2.25. The SMILES string of the molecule is CCCCC(CC)COc1cc(N(CCCC)CCCC)ccc1C. The van der Waals surface area contributed by atoms with Gasteiger partial charge in [-0.2, -0.15) is 0 Å². The van der Waals surface area contributed by atoms with Crippen molar-refractivity contribution in [2.75, 3.05) is 24.6 Å². The number of unbranched alkanes of at least 4 members (excludes halogenated alkanes) is 3. The molecular weight excluding hydrogens is 306 g/mol. The number of aryl methyl sites for hydroxylation is 1. The zero-order valence-electron chi connectivity index (χ0n) is 17.4. The highest BCUT2D eigenvalue weighted by molar-refractivity contribution is 5.53. The van der Waals surface area contributed by atoms with E-state index in [1.165, 1.54) is 62.6 Å². The molecule has 25 heavy (non-hydrogen) atoms. The van der Waals surface area contributed by atoms with Crippen molar-refractivity contribution in [3.63, 3.8) is 0 Å². The summed E-state index contributed by atoms with van der Waals surface area (Å²) in [5.74, 6) is 1.75. The number of ether oxygens (including phenoxy) is 1. The maximum absolute atomic E-state index is 6.26. The van der Waals surface area contributed by atoms with E-state index < -0.39 is 0 Å². The van der Waals surface area contributed by atoms with Gasteiger partial charge in [-0.1, -0.05) is 65.9 Å². The molecule has 1 aromatic carbocycles. The Morgan fingerprint density at radius 2 is 1.56 bits per heavy atom. The average molecular weight is 348 g/mol. The third-order valence-electron chi connectivity index (χ3n) is 5.12. The highest BCUT2D eigenvalue weighted by Gasteiger charge is 2.11. The lowest BCUT2D eigenvalue weighted by molar-refractivity contribution is 0.232. The van der Waals surface area contributed by atoms with E-state index in [9.17, 15) is 0 Å². The summed E-state index contributed by atoms with van der Waals surface area (Å²) in [5, 5.41) is 0. The molecule has 0 aromatic heterocycles. The molecule has 0 heterocycles. The van der Waals surface area contributed by atoms with Crippen LogP contribution in [0.25, 0.3) is 0 Å². The second-order valence-electron chi connectivity index (χ2n) is 7.37. The largest absolute Gasteiger partial charge is 0.493 e. The van der Waals surface area contributed by atoms with Crippen LogP contribution in [0.3, 0.4) is 0 Å². The Kier molecular flexibility index (Phi) is 11.4. The van der Waals surface area contributed by atoms with Crippen molar-refractivity contribution in [3.05, 3.63) is 23.8 Å². The van der Waals surface area contributed by atoms with Crippen molar-refractivity contribution in [3.8, 4) is 5.75 Å². The van der Waals surface area contributed by atoms with Gasteiger partial charge in [0.05, 0.1) is 6.61 Å². The first-order chi connectivity index (χ1) is 12.2. The fourth-order valence-electron chi connectivity index (χ4n) is 3.11. The fourth-order valence-corrected chi connectivity index (χ4v) is 3.11. The molecule has 0 aliphatic heterocycles. The van der Waals surface area contributed by atoms with E-state index in [-0.39, 0.29) is 0 Å². The van der Waals surface area contributed by atoms with E-state index >= 15 is 0 Å². The first-order valence-electron chi connectivity index (χ1n) is 10.6. The summed E-state index contributed by atoms with van der Waals surface area (Å²) in [7, 11) is 0. The molecular formula is C23H41NO.